The first-order valence-electron chi connectivity index (χ1n) is 11.1. The molecular formula is C25H27ClN4O6. The van der Waals surface area contributed by atoms with Crippen LogP contribution in [-0.4, -0.2) is 38.7 Å². The van der Waals surface area contributed by atoms with Gasteiger partial charge in [-0.15, -0.1) is 0 Å². The van der Waals surface area contributed by atoms with E-state index in [0.717, 1.165) is 17.2 Å². The number of aromatic nitrogens is 3. The summed E-state index contributed by atoms with van der Waals surface area (Å²) in [6, 6.07) is 12.1. The van der Waals surface area contributed by atoms with E-state index in [1.807, 2.05) is 20.8 Å². The molecule has 3 rings (SSSR count). The average Bonchev–Trinajstić information content (AvgIpc) is 2.84. The molecule has 36 heavy (non-hydrogen) atoms. The lowest BCUT2D eigenvalue weighted by Crippen LogP contribution is -2.55. The number of nitrogens with zero attached hydrogens (tertiary/aromatic N) is 4. The van der Waals surface area contributed by atoms with Crippen molar-refractivity contribution in [1.82, 2.24) is 13.7 Å². The average molecular weight is 515 g/mol. The zero-order valence-electron chi connectivity index (χ0n) is 20.6. The standard InChI is InChI=1S/C25H27ClN4O6/c1-15(2)36-21-11-10-19(12-16(21)3)27-23-28(4)24(33)30(14-20(31)22(32)35-5)25(34)29(23)13-17-6-8-18(26)9-7-17/h6-12,15H,13-14H2,1-5H3. The summed E-state index contributed by atoms with van der Waals surface area (Å²) in [5.74, 6) is -1.49. The Labute approximate surface area is 212 Å². The predicted molar refractivity (Wildman–Crippen MR) is 134 cm³/mol. The predicted octanol–water partition coefficient (Wildman–Crippen LogP) is 2.12. The number of esters is 1. The summed E-state index contributed by atoms with van der Waals surface area (Å²) >= 11 is 5.99. The minimum atomic E-state index is -1.15. The third-order valence-electron chi connectivity index (χ3n) is 5.24. The normalized spacial score (nSPS) is 11.6. The van der Waals surface area contributed by atoms with Gasteiger partial charge in [0.1, 0.15) is 12.3 Å². The topological polar surface area (TPSA) is 114 Å². The maximum absolute atomic E-state index is 13.4. The first-order chi connectivity index (χ1) is 17.0. The van der Waals surface area contributed by atoms with Crippen LogP contribution in [0.5, 0.6) is 5.75 Å². The molecule has 0 radical (unpaired) electrons. The smallest absolute Gasteiger partial charge is 0.376 e. The molecule has 11 heteroatoms. The lowest BCUT2D eigenvalue weighted by Gasteiger charge is -2.15. The third kappa shape index (κ3) is 6.01. The van der Waals surface area contributed by atoms with Crippen LogP contribution in [0.25, 0.3) is 0 Å². The van der Waals surface area contributed by atoms with E-state index >= 15 is 0 Å². The second kappa shape index (κ2) is 11.2. The number of halogens is 1. The lowest BCUT2D eigenvalue weighted by atomic mass is 10.2. The number of benzene rings is 2. The van der Waals surface area contributed by atoms with Crippen LogP contribution >= 0.6 is 11.6 Å². The first kappa shape index (κ1) is 26.7. The highest BCUT2D eigenvalue weighted by molar-refractivity contribution is 6.33. The minimum Gasteiger partial charge on any atom is -0.491 e. The summed E-state index contributed by atoms with van der Waals surface area (Å²) in [5.41, 5.74) is 0.473. The number of aryl methyl sites for hydroxylation is 1. The Bertz CT molecular complexity index is 1480. The molecule has 0 saturated carbocycles. The van der Waals surface area contributed by atoms with E-state index in [1.165, 1.54) is 11.6 Å². The second-order valence-electron chi connectivity index (χ2n) is 8.37. The Hall–Kier alpha value is -3.92. The Kier molecular flexibility index (Phi) is 8.31. The number of hydrogen-bond donors (Lipinski definition) is 0. The molecule has 1 heterocycles. The molecule has 10 nitrogen and oxygen atoms in total. The van der Waals surface area contributed by atoms with Crippen molar-refractivity contribution in [2.75, 3.05) is 7.11 Å². The van der Waals surface area contributed by atoms with Gasteiger partial charge in [0.05, 0.1) is 25.4 Å². The SMILES string of the molecule is COC(=O)C(=O)Cn1c(=O)n(C)c(=Nc2ccc(OC(C)C)c(C)c2)n(Cc2ccc(Cl)cc2)c1=O. The summed E-state index contributed by atoms with van der Waals surface area (Å²) in [4.78, 5) is 54.8. The van der Waals surface area contributed by atoms with E-state index in [0.29, 0.717) is 26.6 Å². The summed E-state index contributed by atoms with van der Waals surface area (Å²) in [6.45, 7) is 4.98. The Morgan fingerprint density at radius 2 is 1.69 bits per heavy atom. The highest BCUT2D eigenvalue weighted by Gasteiger charge is 2.20. The van der Waals surface area contributed by atoms with Crippen LogP contribution in [0.2, 0.25) is 5.02 Å². The molecule has 0 atom stereocenters. The number of ketones is 1. The van der Waals surface area contributed by atoms with Gasteiger partial charge >= 0.3 is 17.3 Å². The van der Waals surface area contributed by atoms with E-state index in [2.05, 4.69) is 9.73 Å². The number of ether oxygens (including phenoxy) is 2. The van der Waals surface area contributed by atoms with Gasteiger partial charge in [0, 0.05) is 12.1 Å². The fraction of sp³-hybridized carbons (Fsp3) is 0.320. The van der Waals surface area contributed by atoms with Crippen molar-refractivity contribution >= 4 is 29.0 Å². The van der Waals surface area contributed by atoms with Crippen molar-refractivity contribution in [2.24, 2.45) is 12.0 Å². The maximum Gasteiger partial charge on any atom is 0.376 e. The van der Waals surface area contributed by atoms with Crippen molar-refractivity contribution in [1.29, 1.82) is 0 Å². The fourth-order valence-electron chi connectivity index (χ4n) is 3.47. The van der Waals surface area contributed by atoms with Crippen LogP contribution < -0.4 is 21.7 Å². The minimum absolute atomic E-state index is 0.00543. The van der Waals surface area contributed by atoms with E-state index < -0.39 is 29.7 Å². The van der Waals surface area contributed by atoms with Crippen LogP contribution in [0.3, 0.4) is 0 Å². The first-order valence-corrected chi connectivity index (χ1v) is 11.5. The number of methoxy groups -OCH3 is 1. The van der Waals surface area contributed by atoms with E-state index in [4.69, 9.17) is 16.3 Å². The maximum atomic E-state index is 13.4. The molecule has 0 aliphatic heterocycles. The van der Waals surface area contributed by atoms with Gasteiger partial charge in [0.15, 0.2) is 0 Å². The molecule has 3 aromatic rings. The summed E-state index contributed by atoms with van der Waals surface area (Å²) in [6.07, 6.45) is -0.00543. The molecule has 0 spiro atoms. The Morgan fingerprint density at radius 1 is 1.03 bits per heavy atom. The van der Waals surface area contributed by atoms with Gasteiger partial charge in [-0.1, -0.05) is 23.7 Å². The second-order valence-corrected chi connectivity index (χ2v) is 8.80. The zero-order valence-corrected chi connectivity index (χ0v) is 21.4. The van der Waals surface area contributed by atoms with Crippen LogP contribution in [0, 0.1) is 6.92 Å². The fourth-order valence-corrected chi connectivity index (χ4v) is 3.59. The Balaban J connectivity index is 2.23. The third-order valence-corrected chi connectivity index (χ3v) is 5.49. The highest BCUT2D eigenvalue weighted by Crippen LogP contribution is 2.24. The molecule has 0 bridgehead atoms. The highest BCUT2D eigenvalue weighted by atomic mass is 35.5. The van der Waals surface area contributed by atoms with Crippen LogP contribution in [-0.2, 0) is 34.5 Å². The van der Waals surface area contributed by atoms with Crippen molar-refractivity contribution in [3.63, 3.8) is 0 Å². The quantitative estimate of drug-likeness (QED) is 0.336. The molecule has 0 N–H and O–H groups in total. The van der Waals surface area contributed by atoms with Crippen molar-refractivity contribution in [3.8, 4) is 5.75 Å². The number of Topliss-reactive ketones (excluding diaryl/α,β-unsaturated/α-hetero) is 1. The van der Waals surface area contributed by atoms with E-state index in [9.17, 15) is 19.2 Å². The van der Waals surface area contributed by atoms with Gasteiger partial charge < -0.3 is 9.47 Å². The molecule has 0 amide bonds. The van der Waals surface area contributed by atoms with Crippen molar-refractivity contribution in [3.05, 3.63) is 85.2 Å². The molecule has 0 saturated heterocycles. The zero-order chi connectivity index (χ0) is 26.6. The number of rotatable bonds is 8. The van der Waals surface area contributed by atoms with Crippen LogP contribution in [0.1, 0.15) is 25.0 Å². The van der Waals surface area contributed by atoms with E-state index in [-0.39, 0.29) is 18.3 Å². The van der Waals surface area contributed by atoms with Gasteiger partial charge in [0.2, 0.25) is 5.62 Å². The number of carbonyl (C=O) groups excluding carboxylic acids is 2. The largest absolute Gasteiger partial charge is 0.491 e. The molecular weight excluding hydrogens is 488 g/mol. The van der Waals surface area contributed by atoms with E-state index in [1.54, 1.807) is 42.5 Å². The number of carbonyl (C=O) groups is 2. The van der Waals surface area contributed by atoms with Crippen LogP contribution in [0.4, 0.5) is 5.69 Å². The monoisotopic (exact) mass is 514 g/mol. The van der Waals surface area contributed by atoms with Crippen molar-refractivity contribution < 1.29 is 19.1 Å². The summed E-state index contributed by atoms with van der Waals surface area (Å²) in [5, 5.41) is 0.523. The van der Waals surface area contributed by atoms with Gasteiger partial charge in [-0.25, -0.2) is 23.9 Å². The van der Waals surface area contributed by atoms with Gasteiger partial charge in [-0.2, -0.15) is 0 Å². The molecule has 0 fully saturated rings. The number of hydrogen-bond acceptors (Lipinski definition) is 7. The van der Waals surface area contributed by atoms with Crippen LogP contribution in [0.15, 0.2) is 57.0 Å². The van der Waals surface area contributed by atoms with Gasteiger partial charge in [0.25, 0.3) is 5.78 Å². The summed E-state index contributed by atoms with van der Waals surface area (Å²) < 4.78 is 13.3. The molecule has 1 aromatic heterocycles. The lowest BCUT2D eigenvalue weighted by molar-refractivity contribution is -0.152. The van der Waals surface area contributed by atoms with Gasteiger partial charge in [-0.05, 0) is 62.2 Å². The molecule has 2 aromatic carbocycles. The van der Waals surface area contributed by atoms with Crippen molar-refractivity contribution in [2.45, 2.75) is 40.0 Å². The molecule has 0 aliphatic carbocycles. The molecule has 190 valence electrons. The Morgan fingerprint density at radius 3 is 2.28 bits per heavy atom. The summed E-state index contributed by atoms with van der Waals surface area (Å²) in [7, 11) is 2.48. The van der Waals surface area contributed by atoms with Gasteiger partial charge in [-0.3, -0.25) is 13.9 Å². The molecule has 0 unspecified atom stereocenters. The molecule has 0 aliphatic rings.